The molecule has 0 aliphatic heterocycles. The van der Waals surface area contributed by atoms with Crippen molar-refractivity contribution in [3.05, 3.63) is 162 Å². The van der Waals surface area contributed by atoms with Crippen molar-refractivity contribution >= 4 is 54.3 Å². The fourth-order valence-electron chi connectivity index (χ4n) is 6.68. The molecule has 2 aromatic heterocycles. The van der Waals surface area contributed by atoms with Gasteiger partial charge in [0.25, 0.3) is 5.56 Å². The fraction of sp³-hybridized carbons (Fsp3) is 0. The van der Waals surface area contributed by atoms with Gasteiger partial charge in [-0.3, -0.25) is 13.9 Å². The third kappa shape index (κ3) is 3.64. The molecule has 206 valence electrons. The molecule has 0 fully saturated rings. The molecule has 0 unspecified atom stereocenters. The van der Waals surface area contributed by atoms with E-state index in [1.54, 1.807) is 0 Å². The lowest BCUT2D eigenvalue weighted by Gasteiger charge is -2.15. The fourth-order valence-corrected chi connectivity index (χ4v) is 6.68. The van der Waals surface area contributed by atoms with Crippen LogP contribution in [0.3, 0.4) is 0 Å². The van der Waals surface area contributed by atoms with Crippen LogP contribution in [-0.4, -0.2) is 14.1 Å². The van der Waals surface area contributed by atoms with Gasteiger partial charge < -0.3 is 0 Å². The number of imidazole rings is 1. The maximum absolute atomic E-state index is 13.8. The zero-order chi connectivity index (χ0) is 29.2. The second kappa shape index (κ2) is 9.51. The Morgan fingerprint density at radius 1 is 0.432 bits per heavy atom. The summed E-state index contributed by atoms with van der Waals surface area (Å²) in [6, 6.07) is 51.9. The molecular weight excluding hydrogens is 538 g/mol. The summed E-state index contributed by atoms with van der Waals surface area (Å²) in [5.41, 5.74) is 5.94. The summed E-state index contributed by atoms with van der Waals surface area (Å²) >= 11 is 0. The molecule has 0 radical (unpaired) electrons. The molecule has 0 saturated carbocycles. The predicted octanol–water partition coefficient (Wildman–Crippen LogP) is 9.46. The molecule has 0 spiro atoms. The number of hydrogen-bond acceptors (Lipinski definition) is 2. The number of pyridine rings is 1. The second-order valence-electron chi connectivity index (χ2n) is 11.2. The van der Waals surface area contributed by atoms with E-state index in [-0.39, 0.29) is 5.56 Å². The Morgan fingerprint density at radius 2 is 1.07 bits per heavy atom. The van der Waals surface area contributed by atoms with Gasteiger partial charge in [0.1, 0.15) is 5.82 Å². The van der Waals surface area contributed by atoms with Gasteiger partial charge in [-0.25, -0.2) is 4.98 Å². The normalized spacial score (nSPS) is 11.7. The van der Waals surface area contributed by atoms with Crippen LogP contribution < -0.4 is 5.56 Å². The van der Waals surface area contributed by atoms with E-state index in [4.69, 9.17) is 4.98 Å². The lowest BCUT2D eigenvalue weighted by atomic mass is 9.99. The lowest BCUT2D eigenvalue weighted by molar-refractivity contribution is 1.06. The molecule has 4 heteroatoms. The molecule has 4 nitrogen and oxygen atoms in total. The molecule has 0 saturated heterocycles. The van der Waals surface area contributed by atoms with E-state index in [0.29, 0.717) is 0 Å². The summed E-state index contributed by atoms with van der Waals surface area (Å²) in [4.78, 5) is 18.9. The van der Waals surface area contributed by atoms with Crippen molar-refractivity contribution in [2.24, 2.45) is 0 Å². The number of hydrogen-bond donors (Lipinski definition) is 0. The van der Waals surface area contributed by atoms with Crippen LogP contribution in [0.15, 0.2) is 156 Å². The van der Waals surface area contributed by atoms with E-state index < -0.39 is 0 Å². The van der Waals surface area contributed by atoms with E-state index in [1.807, 2.05) is 59.2 Å². The highest BCUT2D eigenvalue weighted by Crippen LogP contribution is 2.34. The van der Waals surface area contributed by atoms with Gasteiger partial charge in [0.05, 0.1) is 16.6 Å². The Kier molecular flexibility index (Phi) is 5.32. The van der Waals surface area contributed by atoms with E-state index in [0.717, 1.165) is 77.0 Å². The standard InChI is InChI=1S/C40H25N3O/c44-40-35-14-5-4-12-33(35)34-13-6-8-16-37(34)43(40)30-21-23-32-27(25-30)19-18-26-24-28(20-22-31(26)32)39-41-36-15-7-9-17-38(36)42(39)29-10-2-1-3-11-29/h1-25H. The van der Waals surface area contributed by atoms with Crippen molar-refractivity contribution in [1.82, 2.24) is 14.1 Å². The van der Waals surface area contributed by atoms with Gasteiger partial charge in [-0.15, -0.1) is 0 Å². The van der Waals surface area contributed by atoms with E-state index in [9.17, 15) is 4.79 Å². The molecule has 0 N–H and O–H groups in total. The van der Waals surface area contributed by atoms with Gasteiger partial charge in [0, 0.05) is 27.7 Å². The smallest absolute Gasteiger partial charge is 0.263 e. The lowest BCUT2D eigenvalue weighted by Crippen LogP contribution is -2.19. The van der Waals surface area contributed by atoms with Crippen molar-refractivity contribution in [2.45, 2.75) is 0 Å². The maximum Gasteiger partial charge on any atom is 0.263 e. The van der Waals surface area contributed by atoms with Crippen molar-refractivity contribution in [3.8, 4) is 22.8 Å². The van der Waals surface area contributed by atoms with Gasteiger partial charge >= 0.3 is 0 Å². The Hall–Kier alpha value is -6.00. The number of benzene rings is 7. The van der Waals surface area contributed by atoms with Crippen LogP contribution in [0.1, 0.15) is 0 Å². The van der Waals surface area contributed by atoms with E-state index in [1.165, 1.54) is 0 Å². The highest BCUT2D eigenvalue weighted by Gasteiger charge is 2.16. The molecule has 7 aromatic carbocycles. The molecule has 0 aliphatic rings. The van der Waals surface area contributed by atoms with Gasteiger partial charge in [0.2, 0.25) is 0 Å². The highest BCUT2D eigenvalue weighted by molar-refractivity contribution is 6.10. The van der Waals surface area contributed by atoms with Crippen molar-refractivity contribution in [1.29, 1.82) is 0 Å². The SMILES string of the molecule is O=c1c2ccccc2c2ccccc2n1-c1ccc2c(ccc3cc(-c4nc5ccccc5n4-c4ccccc4)ccc32)c1. The first kappa shape index (κ1) is 24.6. The van der Waals surface area contributed by atoms with E-state index in [2.05, 4.69) is 102 Å². The Morgan fingerprint density at radius 3 is 1.89 bits per heavy atom. The Labute approximate surface area is 252 Å². The Bertz CT molecular complexity index is 2630. The average Bonchev–Trinajstić information content (AvgIpc) is 3.48. The molecule has 0 amide bonds. The first-order chi connectivity index (χ1) is 21.7. The third-order valence-corrected chi connectivity index (χ3v) is 8.71. The minimum absolute atomic E-state index is 0.00890. The minimum Gasteiger partial charge on any atom is -0.292 e. The monoisotopic (exact) mass is 563 g/mol. The summed E-state index contributed by atoms with van der Waals surface area (Å²) in [5.74, 6) is 0.914. The van der Waals surface area contributed by atoms with Crippen LogP contribution in [0, 0.1) is 0 Å². The molecule has 9 rings (SSSR count). The molecule has 0 aliphatic carbocycles. The van der Waals surface area contributed by atoms with Gasteiger partial charge in [-0.1, -0.05) is 97.1 Å². The maximum atomic E-state index is 13.8. The Balaban J connectivity index is 1.22. The number of rotatable bonds is 3. The van der Waals surface area contributed by atoms with Crippen LogP contribution in [0.5, 0.6) is 0 Å². The number of nitrogens with zero attached hydrogens (tertiary/aromatic N) is 3. The molecule has 2 heterocycles. The summed E-state index contributed by atoms with van der Waals surface area (Å²) in [6.07, 6.45) is 0. The molecule has 44 heavy (non-hydrogen) atoms. The van der Waals surface area contributed by atoms with Crippen LogP contribution in [0.25, 0.3) is 77.0 Å². The molecular formula is C40H25N3O. The molecule has 9 aromatic rings. The number of aromatic nitrogens is 3. The average molecular weight is 564 g/mol. The first-order valence-electron chi connectivity index (χ1n) is 14.8. The van der Waals surface area contributed by atoms with Crippen LogP contribution in [0.4, 0.5) is 0 Å². The van der Waals surface area contributed by atoms with Gasteiger partial charge in [-0.2, -0.15) is 0 Å². The van der Waals surface area contributed by atoms with E-state index >= 15 is 0 Å². The topological polar surface area (TPSA) is 39.8 Å². The van der Waals surface area contributed by atoms with Gasteiger partial charge in [0.15, 0.2) is 0 Å². The first-order valence-corrected chi connectivity index (χ1v) is 14.8. The summed E-state index contributed by atoms with van der Waals surface area (Å²) in [7, 11) is 0. The molecule has 0 atom stereocenters. The summed E-state index contributed by atoms with van der Waals surface area (Å²) < 4.78 is 4.08. The van der Waals surface area contributed by atoms with Crippen LogP contribution in [0.2, 0.25) is 0 Å². The minimum atomic E-state index is -0.00890. The zero-order valence-corrected chi connectivity index (χ0v) is 23.7. The second-order valence-corrected chi connectivity index (χ2v) is 11.2. The predicted molar refractivity (Wildman–Crippen MR) is 182 cm³/mol. The number of fused-ring (bicyclic) bond motifs is 7. The largest absolute Gasteiger partial charge is 0.292 e. The van der Waals surface area contributed by atoms with Crippen molar-refractivity contribution < 1.29 is 0 Å². The van der Waals surface area contributed by atoms with Crippen molar-refractivity contribution in [3.63, 3.8) is 0 Å². The number of para-hydroxylation sites is 4. The molecule has 0 bridgehead atoms. The van der Waals surface area contributed by atoms with Crippen LogP contribution in [-0.2, 0) is 0 Å². The summed E-state index contributed by atoms with van der Waals surface area (Å²) in [6.45, 7) is 0. The highest BCUT2D eigenvalue weighted by atomic mass is 16.1. The summed E-state index contributed by atoms with van der Waals surface area (Å²) in [5, 5.41) is 7.30. The van der Waals surface area contributed by atoms with Crippen LogP contribution >= 0.6 is 0 Å². The quantitative estimate of drug-likeness (QED) is 0.201. The van der Waals surface area contributed by atoms with Crippen molar-refractivity contribution in [2.75, 3.05) is 0 Å². The zero-order valence-electron chi connectivity index (χ0n) is 23.7. The third-order valence-electron chi connectivity index (χ3n) is 8.71. The van der Waals surface area contributed by atoms with Gasteiger partial charge in [-0.05, 0) is 81.5 Å².